The molecule has 0 bridgehead atoms. The predicted octanol–water partition coefficient (Wildman–Crippen LogP) is 1.40. The smallest absolute Gasteiger partial charge is 0.269 e. The van der Waals surface area contributed by atoms with E-state index >= 15 is 0 Å². The Kier molecular flexibility index (Phi) is 3.06. The molecule has 6 heteroatoms. The molecule has 0 saturated heterocycles. The zero-order chi connectivity index (χ0) is 14.1. The number of methoxy groups -OCH3 is 1. The van der Waals surface area contributed by atoms with Crippen molar-refractivity contribution >= 4 is 11.7 Å². The summed E-state index contributed by atoms with van der Waals surface area (Å²) in [5.74, 6) is 1.13. The van der Waals surface area contributed by atoms with Gasteiger partial charge in [0.2, 0.25) is 0 Å². The first-order valence-corrected chi connectivity index (χ1v) is 6.46. The molecule has 1 aliphatic heterocycles. The molecule has 1 aromatic carbocycles. The molecule has 2 aromatic rings. The maximum Gasteiger partial charge on any atom is 0.269 e. The summed E-state index contributed by atoms with van der Waals surface area (Å²) in [6.45, 7) is 0.834. The highest BCUT2D eigenvalue weighted by molar-refractivity contribution is 5.91. The number of ether oxygens (including phenoxy) is 1. The lowest BCUT2D eigenvalue weighted by Crippen LogP contribution is -2.24. The van der Waals surface area contributed by atoms with Crippen molar-refractivity contribution in [1.29, 1.82) is 0 Å². The van der Waals surface area contributed by atoms with Crippen LogP contribution < -0.4 is 15.8 Å². The number of hydrogen-bond acceptors (Lipinski definition) is 4. The molecule has 20 heavy (non-hydrogen) atoms. The van der Waals surface area contributed by atoms with E-state index in [1.54, 1.807) is 13.2 Å². The van der Waals surface area contributed by atoms with E-state index < -0.39 is 5.91 Å². The Morgan fingerprint density at radius 3 is 2.85 bits per heavy atom. The normalized spacial score (nSPS) is 17.1. The van der Waals surface area contributed by atoms with Crippen molar-refractivity contribution < 1.29 is 9.53 Å². The first-order valence-electron chi connectivity index (χ1n) is 6.46. The van der Waals surface area contributed by atoms with Crippen molar-refractivity contribution in [2.75, 3.05) is 19.0 Å². The van der Waals surface area contributed by atoms with Crippen LogP contribution in [-0.2, 0) is 0 Å². The molecule has 1 atom stereocenters. The van der Waals surface area contributed by atoms with E-state index in [1.807, 2.05) is 28.9 Å². The summed E-state index contributed by atoms with van der Waals surface area (Å²) < 4.78 is 6.99. The van der Waals surface area contributed by atoms with E-state index in [2.05, 4.69) is 10.4 Å². The van der Waals surface area contributed by atoms with Crippen molar-refractivity contribution in [3.05, 3.63) is 41.6 Å². The summed E-state index contributed by atoms with van der Waals surface area (Å²) in [7, 11) is 1.64. The van der Waals surface area contributed by atoms with Crippen LogP contribution in [0, 0.1) is 0 Å². The molecule has 0 aliphatic carbocycles. The number of carbonyl (C=O) groups is 1. The van der Waals surface area contributed by atoms with E-state index in [0.29, 0.717) is 0 Å². The van der Waals surface area contributed by atoms with E-state index in [9.17, 15) is 4.79 Å². The molecule has 3 N–H and O–H groups in total. The third-order valence-electron chi connectivity index (χ3n) is 3.51. The van der Waals surface area contributed by atoms with Crippen molar-refractivity contribution in [2.24, 2.45) is 5.73 Å². The van der Waals surface area contributed by atoms with Crippen LogP contribution >= 0.6 is 0 Å². The highest BCUT2D eigenvalue weighted by Gasteiger charge is 2.24. The zero-order valence-electron chi connectivity index (χ0n) is 11.2. The maximum absolute atomic E-state index is 11.2. The van der Waals surface area contributed by atoms with Crippen molar-refractivity contribution in [2.45, 2.75) is 12.5 Å². The SMILES string of the molecule is COc1ccc(C2CCNc3cc(C(N)=O)nn32)cc1. The largest absolute Gasteiger partial charge is 0.497 e. The summed E-state index contributed by atoms with van der Waals surface area (Å²) >= 11 is 0. The van der Waals surface area contributed by atoms with Crippen molar-refractivity contribution in [1.82, 2.24) is 9.78 Å². The van der Waals surface area contributed by atoms with Crippen LogP contribution in [-0.4, -0.2) is 29.3 Å². The standard InChI is InChI=1S/C14H16N4O2/c1-20-10-4-2-9(3-5-10)12-6-7-16-13-8-11(14(15)19)17-18(12)13/h2-5,8,12,16H,6-7H2,1H3,(H2,15,19). The third-order valence-corrected chi connectivity index (χ3v) is 3.51. The average molecular weight is 272 g/mol. The van der Waals surface area contributed by atoms with Crippen LogP contribution in [0.3, 0.4) is 0 Å². The lowest BCUT2D eigenvalue weighted by molar-refractivity contribution is 0.0994. The van der Waals surface area contributed by atoms with Gasteiger partial charge in [0, 0.05) is 12.6 Å². The number of benzene rings is 1. The van der Waals surface area contributed by atoms with Gasteiger partial charge in [-0.1, -0.05) is 12.1 Å². The molecule has 1 unspecified atom stereocenters. The molecule has 0 saturated carbocycles. The number of fused-ring (bicyclic) bond motifs is 1. The zero-order valence-corrected chi connectivity index (χ0v) is 11.2. The second-order valence-electron chi connectivity index (χ2n) is 4.73. The Hall–Kier alpha value is -2.50. The van der Waals surface area contributed by atoms with Crippen molar-refractivity contribution in [3.63, 3.8) is 0 Å². The van der Waals surface area contributed by atoms with Gasteiger partial charge in [0.05, 0.1) is 13.2 Å². The van der Waals surface area contributed by atoms with E-state index in [1.165, 1.54) is 0 Å². The van der Waals surface area contributed by atoms with Gasteiger partial charge in [0.1, 0.15) is 11.6 Å². The first kappa shape index (κ1) is 12.5. The summed E-state index contributed by atoms with van der Waals surface area (Å²) in [4.78, 5) is 11.2. The second-order valence-corrected chi connectivity index (χ2v) is 4.73. The Labute approximate surface area is 116 Å². The van der Waals surface area contributed by atoms with Gasteiger partial charge in [-0.2, -0.15) is 5.10 Å². The lowest BCUT2D eigenvalue weighted by Gasteiger charge is -2.26. The van der Waals surface area contributed by atoms with Crippen molar-refractivity contribution in [3.8, 4) is 5.75 Å². The Morgan fingerprint density at radius 1 is 1.45 bits per heavy atom. The number of nitrogens with zero attached hydrogens (tertiary/aromatic N) is 2. The van der Waals surface area contributed by atoms with Crippen LogP contribution in [0.4, 0.5) is 5.82 Å². The third kappa shape index (κ3) is 2.09. The summed E-state index contributed by atoms with van der Waals surface area (Å²) in [6, 6.07) is 9.68. The number of amides is 1. The minimum atomic E-state index is -0.512. The average Bonchev–Trinajstić information content (AvgIpc) is 2.91. The number of aromatic nitrogens is 2. The number of anilines is 1. The molecule has 6 nitrogen and oxygen atoms in total. The fourth-order valence-electron chi connectivity index (χ4n) is 2.48. The molecule has 3 rings (SSSR count). The molecular weight excluding hydrogens is 256 g/mol. The Morgan fingerprint density at radius 2 is 2.20 bits per heavy atom. The first-order chi connectivity index (χ1) is 9.69. The molecule has 2 heterocycles. The van der Waals surface area contributed by atoms with Gasteiger partial charge in [0.15, 0.2) is 5.69 Å². The number of hydrogen-bond donors (Lipinski definition) is 2. The van der Waals surface area contributed by atoms with Gasteiger partial charge >= 0.3 is 0 Å². The van der Waals surface area contributed by atoms with E-state index in [4.69, 9.17) is 10.5 Å². The molecule has 104 valence electrons. The highest BCUT2D eigenvalue weighted by Crippen LogP contribution is 2.30. The Bertz CT molecular complexity index is 633. The molecule has 1 aliphatic rings. The number of carbonyl (C=O) groups excluding carboxylic acids is 1. The fourth-order valence-corrected chi connectivity index (χ4v) is 2.48. The monoisotopic (exact) mass is 272 g/mol. The van der Waals surface area contributed by atoms with Crippen LogP contribution in [0.1, 0.15) is 28.5 Å². The lowest BCUT2D eigenvalue weighted by atomic mass is 10.0. The van der Waals surface area contributed by atoms with Crippen LogP contribution in [0.15, 0.2) is 30.3 Å². The van der Waals surface area contributed by atoms with Gasteiger partial charge in [0.25, 0.3) is 5.91 Å². The van der Waals surface area contributed by atoms with Gasteiger partial charge < -0.3 is 15.8 Å². The molecular formula is C14H16N4O2. The van der Waals surface area contributed by atoms with Gasteiger partial charge in [-0.05, 0) is 24.1 Å². The molecule has 0 radical (unpaired) electrons. The summed E-state index contributed by atoms with van der Waals surface area (Å²) in [5.41, 5.74) is 6.71. The number of rotatable bonds is 3. The molecule has 1 amide bonds. The van der Waals surface area contributed by atoms with Gasteiger partial charge in [-0.15, -0.1) is 0 Å². The Balaban J connectivity index is 1.97. The molecule has 1 aromatic heterocycles. The maximum atomic E-state index is 11.2. The van der Waals surface area contributed by atoms with Crippen LogP contribution in [0.5, 0.6) is 5.75 Å². The minimum Gasteiger partial charge on any atom is -0.497 e. The topological polar surface area (TPSA) is 82.2 Å². The van der Waals surface area contributed by atoms with E-state index in [-0.39, 0.29) is 11.7 Å². The molecule has 0 fully saturated rings. The predicted molar refractivity (Wildman–Crippen MR) is 75.0 cm³/mol. The fraction of sp³-hybridized carbons (Fsp3) is 0.286. The minimum absolute atomic E-state index is 0.102. The van der Waals surface area contributed by atoms with Crippen LogP contribution in [0.2, 0.25) is 0 Å². The van der Waals surface area contributed by atoms with Gasteiger partial charge in [-0.25, -0.2) is 4.68 Å². The second kappa shape index (κ2) is 4.88. The summed E-state index contributed by atoms with van der Waals surface area (Å²) in [5, 5.41) is 7.53. The number of primary amides is 1. The highest BCUT2D eigenvalue weighted by atomic mass is 16.5. The summed E-state index contributed by atoms with van der Waals surface area (Å²) in [6.07, 6.45) is 0.902. The number of nitrogens with two attached hydrogens (primary N) is 1. The van der Waals surface area contributed by atoms with Gasteiger partial charge in [-0.3, -0.25) is 4.79 Å². The quantitative estimate of drug-likeness (QED) is 0.884. The number of nitrogens with one attached hydrogen (secondary N) is 1. The van der Waals surface area contributed by atoms with Crippen LogP contribution in [0.25, 0.3) is 0 Å². The van der Waals surface area contributed by atoms with E-state index in [0.717, 1.165) is 30.1 Å². The molecule has 0 spiro atoms.